The van der Waals surface area contributed by atoms with E-state index < -0.39 is 4.33 Å². The lowest BCUT2D eigenvalue weighted by Gasteiger charge is -2.15. The topological polar surface area (TPSA) is 21.3 Å². The summed E-state index contributed by atoms with van der Waals surface area (Å²) in [5.41, 5.74) is 5.88. The lowest BCUT2D eigenvalue weighted by atomic mass is 9.98. The molecule has 1 N–H and O–H groups in total. The van der Waals surface area contributed by atoms with E-state index in [0.717, 1.165) is 6.42 Å². The molecule has 0 radical (unpaired) electrons. The molecule has 1 fully saturated rings. The number of halogens is 2. The summed E-state index contributed by atoms with van der Waals surface area (Å²) < 4.78 is 5.35. The average Bonchev–Trinajstić information content (AvgIpc) is 3.08. The van der Waals surface area contributed by atoms with Gasteiger partial charge in [0.1, 0.15) is 9.94 Å². The Morgan fingerprint density at radius 3 is 2.17 bits per heavy atom. The van der Waals surface area contributed by atoms with Crippen LogP contribution in [-0.2, 0) is 4.74 Å². The number of ether oxygens (including phenoxy) is 1. The van der Waals surface area contributed by atoms with Crippen molar-refractivity contribution in [2.75, 3.05) is 13.2 Å². The van der Waals surface area contributed by atoms with Crippen molar-refractivity contribution in [3.63, 3.8) is 0 Å². The van der Waals surface area contributed by atoms with Crippen LogP contribution in [0.3, 0.4) is 0 Å². The molecule has 1 saturated carbocycles. The number of fused-ring (bicyclic) bond motifs is 3. The van der Waals surface area contributed by atoms with Gasteiger partial charge in [-0.2, -0.15) is 0 Å². The Morgan fingerprint density at radius 1 is 1.08 bits per heavy atom. The van der Waals surface area contributed by atoms with Gasteiger partial charge in [-0.1, -0.05) is 57.4 Å². The van der Waals surface area contributed by atoms with E-state index in [1.54, 1.807) is 0 Å². The quantitative estimate of drug-likeness (QED) is 0.574. The zero-order chi connectivity index (χ0) is 16.7. The highest BCUT2D eigenvalue weighted by Crippen LogP contribution is 2.52. The minimum Gasteiger partial charge on any atom is -0.331 e. The summed E-state index contributed by atoms with van der Waals surface area (Å²) in [5, 5.41) is 3.21. The van der Waals surface area contributed by atoms with Crippen LogP contribution < -0.4 is 5.32 Å². The Bertz CT molecular complexity index is 747. The van der Waals surface area contributed by atoms with Gasteiger partial charge >= 0.3 is 0 Å². The van der Waals surface area contributed by atoms with Crippen molar-refractivity contribution in [1.29, 1.82) is 0 Å². The fourth-order valence-corrected chi connectivity index (χ4v) is 4.08. The summed E-state index contributed by atoms with van der Waals surface area (Å²) in [5.74, 6) is 0.523. The number of rotatable bonds is 6. The van der Waals surface area contributed by atoms with E-state index in [4.69, 9.17) is 27.9 Å². The van der Waals surface area contributed by atoms with Gasteiger partial charge in [-0.25, -0.2) is 0 Å². The predicted molar refractivity (Wildman–Crippen MR) is 104 cm³/mol. The van der Waals surface area contributed by atoms with Crippen LogP contribution in [0.25, 0.3) is 11.1 Å². The van der Waals surface area contributed by atoms with Crippen LogP contribution in [0.15, 0.2) is 48.5 Å². The molecule has 2 aromatic rings. The molecule has 0 amide bonds. The zero-order valence-corrected chi connectivity index (χ0v) is 15.6. The minimum atomic E-state index is -0.567. The van der Waals surface area contributed by atoms with Crippen molar-refractivity contribution >= 4 is 37.7 Å². The van der Waals surface area contributed by atoms with Gasteiger partial charge in [0.15, 0.2) is 0 Å². The fourth-order valence-electron chi connectivity index (χ4n) is 3.36. The van der Waals surface area contributed by atoms with Crippen molar-refractivity contribution in [2.45, 2.75) is 16.7 Å². The maximum absolute atomic E-state index is 6.04. The van der Waals surface area contributed by atoms with E-state index in [9.17, 15) is 0 Å². The first-order valence-electron chi connectivity index (χ1n) is 8.07. The molecule has 5 heteroatoms. The Hall–Kier alpha value is -0.890. The molecule has 0 aromatic heterocycles. The van der Waals surface area contributed by atoms with Gasteiger partial charge in [-0.3, -0.25) is 5.32 Å². The van der Waals surface area contributed by atoms with E-state index >= 15 is 0 Å². The van der Waals surface area contributed by atoms with Gasteiger partial charge in [-0.05, 0) is 28.7 Å². The van der Waals surface area contributed by atoms with Crippen LogP contribution in [0, 0.1) is 5.92 Å². The summed E-state index contributed by atoms with van der Waals surface area (Å²) >= 11 is 12.1. The first-order valence-corrected chi connectivity index (χ1v) is 9.33. The summed E-state index contributed by atoms with van der Waals surface area (Å²) in [6.45, 7) is 1.29. The summed E-state index contributed by atoms with van der Waals surface area (Å²) in [7, 11) is 3.51. The van der Waals surface area contributed by atoms with E-state index in [1.165, 1.54) is 22.3 Å². The number of alkyl halides is 2. The molecule has 0 heterocycles. The molecular formula is C19H18Cl2NOP. The highest BCUT2D eigenvalue weighted by atomic mass is 35.5. The minimum absolute atomic E-state index is 0.242. The van der Waals surface area contributed by atoms with Gasteiger partial charge in [-0.15, -0.1) is 23.2 Å². The zero-order valence-electron chi connectivity index (χ0n) is 13.1. The molecule has 2 nitrogen and oxygen atoms in total. The SMILES string of the molecule is P=C(NC[C@H]1CC1(Cl)Cl)OCC1c2ccccc2-c2ccccc21. The van der Waals surface area contributed by atoms with Crippen molar-refractivity contribution < 1.29 is 4.74 Å². The number of hydrogen-bond donors (Lipinski definition) is 1. The van der Waals surface area contributed by atoms with E-state index in [1.807, 2.05) is 0 Å². The highest BCUT2D eigenvalue weighted by molar-refractivity contribution is 7.20. The third kappa shape index (κ3) is 3.14. The highest BCUT2D eigenvalue weighted by Gasteiger charge is 2.51. The Kier molecular flexibility index (Phi) is 4.45. The van der Waals surface area contributed by atoms with Crippen molar-refractivity contribution in [1.82, 2.24) is 5.32 Å². The second-order valence-corrected chi connectivity index (χ2v) is 8.41. The van der Waals surface area contributed by atoms with Crippen LogP contribution in [0.1, 0.15) is 23.5 Å². The van der Waals surface area contributed by atoms with E-state index in [2.05, 4.69) is 62.7 Å². The third-order valence-corrected chi connectivity index (χ3v) is 6.07. The summed E-state index contributed by atoms with van der Waals surface area (Å²) in [6.07, 6.45) is 0.825. The normalized spacial score (nSPS) is 20.5. The third-order valence-electron chi connectivity index (χ3n) is 4.82. The molecule has 2 aromatic carbocycles. The van der Waals surface area contributed by atoms with E-state index in [0.29, 0.717) is 18.8 Å². The lowest BCUT2D eigenvalue weighted by Crippen LogP contribution is -2.28. The summed E-state index contributed by atoms with van der Waals surface area (Å²) in [4.78, 5) is 0. The molecule has 4 rings (SSSR count). The molecule has 2 aliphatic rings. The van der Waals surface area contributed by atoms with Crippen molar-refractivity contribution in [3.05, 3.63) is 59.7 Å². The van der Waals surface area contributed by atoms with Crippen LogP contribution >= 0.6 is 32.1 Å². The average molecular weight is 378 g/mol. The molecule has 0 spiro atoms. The second kappa shape index (κ2) is 6.44. The molecule has 1 atom stereocenters. The molecule has 0 unspecified atom stereocenters. The largest absolute Gasteiger partial charge is 0.331 e. The van der Waals surface area contributed by atoms with Crippen molar-refractivity contribution in [2.24, 2.45) is 5.92 Å². The van der Waals surface area contributed by atoms with Gasteiger partial charge in [0.25, 0.3) is 0 Å². The maximum Gasteiger partial charge on any atom is 0.139 e. The van der Waals surface area contributed by atoms with E-state index in [-0.39, 0.29) is 11.8 Å². The van der Waals surface area contributed by atoms with Crippen LogP contribution in [0.5, 0.6) is 0 Å². The monoisotopic (exact) mass is 377 g/mol. The molecular weight excluding hydrogens is 360 g/mol. The predicted octanol–water partition coefficient (Wildman–Crippen LogP) is 4.83. The summed E-state index contributed by atoms with van der Waals surface area (Å²) in [6, 6.07) is 17.1. The van der Waals surface area contributed by atoms with Gasteiger partial charge in [0, 0.05) is 18.4 Å². The van der Waals surface area contributed by atoms with Gasteiger partial charge < -0.3 is 4.74 Å². The number of nitrogens with one attached hydrogen (secondary N) is 1. The standard InChI is InChI=1S/C19H18Cl2NOP/c20-19(21)9-12(19)10-22-18(24)23-11-17-15-7-3-1-5-13(15)14-6-2-4-8-16(14)17/h1-8,12,17,22,24H,9-11H2/t12-/m1/s1. The van der Waals surface area contributed by atoms with Gasteiger partial charge in [0.2, 0.25) is 0 Å². The molecule has 0 saturated heterocycles. The Balaban J connectivity index is 1.42. The van der Waals surface area contributed by atoms with Crippen LogP contribution in [0.2, 0.25) is 0 Å². The van der Waals surface area contributed by atoms with Crippen molar-refractivity contribution in [3.8, 4) is 11.1 Å². The van der Waals surface area contributed by atoms with Crippen LogP contribution in [0.4, 0.5) is 0 Å². The van der Waals surface area contributed by atoms with Gasteiger partial charge in [0.05, 0.1) is 6.61 Å². The lowest BCUT2D eigenvalue weighted by molar-refractivity contribution is 0.286. The smallest absolute Gasteiger partial charge is 0.139 e. The fraction of sp³-hybridized carbons (Fsp3) is 0.316. The Labute approximate surface area is 154 Å². The van der Waals surface area contributed by atoms with Crippen LogP contribution in [-0.4, -0.2) is 23.1 Å². The molecule has 0 aliphatic heterocycles. The second-order valence-electron chi connectivity index (χ2n) is 6.41. The first-order chi connectivity index (χ1) is 11.6. The Morgan fingerprint density at radius 2 is 1.62 bits per heavy atom. The number of hydrogen-bond acceptors (Lipinski definition) is 1. The molecule has 2 aliphatic carbocycles. The molecule has 124 valence electrons. The molecule has 24 heavy (non-hydrogen) atoms. The number of benzene rings is 2. The maximum atomic E-state index is 6.04. The molecule has 0 bridgehead atoms. The first kappa shape index (κ1) is 16.6.